The molecule has 0 fully saturated rings. The lowest BCUT2D eigenvalue weighted by atomic mass is 10.5. The lowest BCUT2D eigenvalue weighted by Crippen LogP contribution is -1.97. The molecular weight excluding hydrogens is 158 g/mol. The van der Waals surface area contributed by atoms with Gasteiger partial charge >= 0.3 is 0 Å². The summed E-state index contributed by atoms with van der Waals surface area (Å²) in [7, 11) is 0. The molecule has 0 aromatic heterocycles. The minimum atomic E-state index is -0.401. The predicted molar refractivity (Wildman–Crippen MR) is 38.4 cm³/mol. The van der Waals surface area contributed by atoms with E-state index in [1.165, 1.54) is 11.8 Å². The number of hydrogen-bond acceptors (Lipinski definition) is 3. The largest absolute Gasteiger partial charge is 0.280 e. The fraction of sp³-hybridized carbons (Fsp3) is 0.600. The van der Waals surface area contributed by atoms with E-state index in [2.05, 4.69) is 0 Å². The van der Waals surface area contributed by atoms with Crippen molar-refractivity contribution in [2.45, 2.75) is 12.2 Å². The standard InChI is InChI=1S/C5H6ClNOS/c1-4(2-7)9-3-5(6)8/h4H,3H2,1H3. The Bertz CT molecular complexity index is 142. The van der Waals surface area contributed by atoms with Crippen LogP contribution in [0.4, 0.5) is 0 Å². The Labute approximate surface area is 63.2 Å². The summed E-state index contributed by atoms with van der Waals surface area (Å²) in [6, 6.07) is 1.97. The van der Waals surface area contributed by atoms with Gasteiger partial charge in [-0.15, -0.1) is 11.8 Å². The van der Waals surface area contributed by atoms with Gasteiger partial charge < -0.3 is 0 Å². The summed E-state index contributed by atoms with van der Waals surface area (Å²) < 4.78 is 0. The van der Waals surface area contributed by atoms with Gasteiger partial charge in [0.2, 0.25) is 5.24 Å². The molecule has 0 radical (unpaired) electrons. The zero-order chi connectivity index (χ0) is 7.28. The Kier molecular flexibility index (Phi) is 4.55. The van der Waals surface area contributed by atoms with E-state index in [-0.39, 0.29) is 11.0 Å². The van der Waals surface area contributed by atoms with Crippen LogP contribution in [0.1, 0.15) is 6.92 Å². The molecule has 0 aromatic rings. The maximum atomic E-state index is 10.1. The first-order chi connectivity index (χ1) is 4.16. The monoisotopic (exact) mass is 163 g/mol. The minimum absolute atomic E-state index is 0.146. The number of nitriles is 1. The molecule has 0 amide bonds. The number of carbonyl (C=O) groups is 1. The second kappa shape index (κ2) is 4.66. The number of nitrogens with zero attached hydrogens (tertiary/aromatic N) is 1. The van der Waals surface area contributed by atoms with E-state index in [0.29, 0.717) is 0 Å². The SMILES string of the molecule is CC(C#N)SCC(=O)Cl. The third-order valence-corrected chi connectivity index (χ3v) is 1.95. The molecule has 1 atom stereocenters. The van der Waals surface area contributed by atoms with Crippen molar-refractivity contribution < 1.29 is 4.79 Å². The van der Waals surface area contributed by atoms with E-state index in [1.807, 2.05) is 6.07 Å². The molecule has 0 rings (SSSR count). The van der Waals surface area contributed by atoms with Gasteiger partial charge in [0.25, 0.3) is 0 Å². The van der Waals surface area contributed by atoms with Crippen LogP contribution in [0, 0.1) is 11.3 Å². The van der Waals surface area contributed by atoms with E-state index in [9.17, 15) is 4.79 Å². The van der Waals surface area contributed by atoms with Crippen molar-refractivity contribution in [3.8, 4) is 6.07 Å². The van der Waals surface area contributed by atoms with Crippen LogP contribution < -0.4 is 0 Å². The number of rotatable bonds is 3. The van der Waals surface area contributed by atoms with Gasteiger partial charge in [-0.3, -0.25) is 4.79 Å². The van der Waals surface area contributed by atoms with Gasteiger partial charge in [-0.25, -0.2) is 0 Å². The zero-order valence-corrected chi connectivity index (χ0v) is 6.50. The molecule has 0 spiro atoms. The molecule has 0 aliphatic heterocycles. The van der Waals surface area contributed by atoms with Crippen LogP contribution in [0.3, 0.4) is 0 Å². The highest BCUT2D eigenvalue weighted by Crippen LogP contribution is 2.09. The molecule has 1 unspecified atom stereocenters. The van der Waals surface area contributed by atoms with Crippen LogP contribution in [0.25, 0.3) is 0 Å². The maximum absolute atomic E-state index is 10.1. The number of thioether (sulfide) groups is 1. The normalized spacial score (nSPS) is 12.1. The summed E-state index contributed by atoms with van der Waals surface area (Å²) in [5.41, 5.74) is 0. The molecule has 2 nitrogen and oxygen atoms in total. The second-order valence-electron chi connectivity index (χ2n) is 1.44. The van der Waals surface area contributed by atoms with Gasteiger partial charge in [0, 0.05) is 0 Å². The first kappa shape index (κ1) is 8.80. The predicted octanol–water partition coefficient (Wildman–Crippen LogP) is 1.40. The Balaban J connectivity index is 3.30. The fourth-order valence-corrected chi connectivity index (χ4v) is 0.872. The van der Waals surface area contributed by atoms with E-state index in [1.54, 1.807) is 6.92 Å². The van der Waals surface area contributed by atoms with Crippen molar-refractivity contribution in [1.82, 2.24) is 0 Å². The van der Waals surface area contributed by atoms with E-state index in [0.717, 1.165) is 0 Å². The number of hydrogen-bond donors (Lipinski definition) is 0. The lowest BCUT2D eigenvalue weighted by Gasteiger charge is -1.95. The van der Waals surface area contributed by atoms with Gasteiger partial charge in [-0.05, 0) is 18.5 Å². The van der Waals surface area contributed by atoms with Crippen LogP contribution in [-0.2, 0) is 4.79 Å². The zero-order valence-electron chi connectivity index (χ0n) is 4.93. The molecule has 0 aliphatic rings. The summed E-state index contributed by atoms with van der Waals surface area (Å²) in [5, 5.41) is 7.68. The van der Waals surface area contributed by atoms with Gasteiger partial charge in [0.05, 0.1) is 17.1 Å². The highest BCUT2D eigenvalue weighted by atomic mass is 35.5. The first-order valence-corrected chi connectivity index (χ1v) is 3.79. The number of carbonyl (C=O) groups excluding carboxylic acids is 1. The smallest absolute Gasteiger partial charge is 0.231 e. The summed E-state index contributed by atoms with van der Waals surface area (Å²) >= 11 is 6.25. The molecule has 9 heavy (non-hydrogen) atoms. The molecule has 0 aliphatic carbocycles. The highest BCUT2D eigenvalue weighted by molar-refractivity contribution is 8.00. The van der Waals surface area contributed by atoms with Crippen molar-refractivity contribution in [2.24, 2.45) is 0 Å². The van der Waals surface area contributed by atoms with Crippen molar-refractivity contribution in [2.75, 3.05) is 5.75 Å². The molecule has 0 bridgehead atoms. The van der Waals surface area contributed by atoms with Crippen LogP contribution in [-0.4, -0.2) is 16.2 Å². The quantitative estimate of drug-likeness (QED) is 0.591. The Hall–Kier alpha value is -0.200. The van der Waals surface area contributed by atoms with Crippen LogP contribution >= 0.6 is 23.4 Å². The highest BCUT2D eigenvalue weighted by Gasteiger charge is 2.01. The Morgan fingerprint density at radius 3 is 2.89 bits per heavy atom. The minimum Gasteiger partial charge on any atom is -0.280 e. The van der Waals surface area contributed by atoms with E-state index in [4.69, 9.17) is 16.9 Å². The van der Waals surface area contributed by atoms with Crippen molar-refractivity contribution in [3.05, 3.63) is 0 Å². The van der Waals surface area contributed by atoms with Gasteiger partial charge in [0.1, 0.15) is 0 Å². The maximum Gasteiger partial charge on any atom is 0.231 e. The van der Waals surface area contributed by atoms with E-state index < -0.39 is 5.24 Å². The summed E-state index contributed by atoms with van der Waals surface area (Å²) in [4.78, 5) is 10.1. The molecule has 0 saturated heterocycles. The molecule has 0 heterocycles. The molecule has 4 heteroatoms. The first-order valence-electron chi connectivity index (χ1n) is 2.36. The summed E-state index contributed by atoms with van der Waals surface area (Å²) in [6.45, 7) is 1.73. The Morgan fingerprint density at radius 1 is 2.00 bits per heavy atom. The van der Waals surface area contributed by atoms with Gasteiger partial charge in [0.15, 0.2) is 0 Å². The third kappa shape index (κ3) is 5.67. The van der Waals surface area contributed by atoms with E-state index >= 15 is 0 Å². The number of halogens is 1. The summed E-state index contributed by atoms with van der Waals surface area (Å²) in [5.74, 6) is 0.219. The van der Waals surface area contributed by atoms with Crippen LogP contribution in [0.2, 0.25) is 0 Å². The van der Waals surface area contributed by atoms with Crippen LogP contribution in [0.15, 0.2) is 0 Å². The topological polar surface area (TPSA) is 40.9 Å². The van der Waals surface area contributed by atoms with Crippen molar-refractivity contribution in [3.63, 3.8) is 0 Å². The second-order valence-corrected chi connectivity index (χ2v) is 3.19. The molecule has 0 N–H and O–H groups in total. The summed E-state index contributed by atoms with van der Waals surface area (Å²) in [6.07, 6.45) is 0. The third-order valence-electron chi connectivity index (χ3n) is 0.629. The average molecular weight is 164 g/mol. The van der Waals surface area contributed by atoms with Crippen LogP contribution in [0.5, 0.6) is 0 Å². The average Bonchev–Trinajstić information content (AvgIpc) is 1.83. The van der Waals surface area contributed by atoms with Gasteiger partial charge in [-0.1, -0.05) is 0 Å². The van der Waals surface area contributed by atoms with Gasteiger partial charge in [-0.2, -0.15) is 5.26 Å². The molecule has 50 valence electrons. The van der Waals surface area contributed by atoms with Crippen molar-refractivity contribution in [1.29, 1.82) is 5.26 Å². The molecule has 0 aromatic carbocycles. The lowest BCUT2D eigenvalue weighted by molar-refractivity contribution is -0.109. The fourth-order valence-electron chi connectivity index (χ4n) is 0.228. The molecule has 0 saturated carbocycles. The molecular formula is C5H6ClNOS. The van der Waals surface area contributed by atoms with Crippen molar-refractivity contribution >= 4 is 28.6 Å². The Morgan fingerprint density at radius 2 is 2.56 bits per heavy atom.